The van der Waals surface area contributed by atoms with E-state index in [0.29, 0.717) is 33.8 Å². The SMILES string of the molecule is Fc1ccc(-c2cccnc2-c2[nH]c3ccccc3c2-c2ncccc2-c2ccc(F)cc2F)c(F)c1. The van der Waals surface area contributed by atoms with E-state index in [1.807, 2.05) is 24.3 Å². The molecule has 0 saturated heterocycles. The molecule has 0 saturated carbocycles. The number of hydrogen-bond donors (Lipinski definition) is 1. The molecular weight excluding hydrogens is 478 g/mol. The molecule has 0 radical (unpaired) electrons. The number of aromatic nitrogens is 3. The Hall–Kier alpha value is -4.78. The van der Waals surface area contributed by atoms with Crippen molar-refractivity contribution in [1.29, 1.82) is 0 Å². The molecule has 3 aromatic carbocycles. The second-order valence-electron chi connectivity index (χ2n) is 8.47. The Bertz CT molecular complexity index is 1790. The molecule has 3 aromatic heterocycles. The van der Waals surface area contributed by atoms with Crippen LogP contribution >= 0.6 is 0 Å². The Morgan fingerprint density at radius 1 is 0.541 bits per heavy atom. The molecule has 6 rings (SSSR count). The topological polar surface area (TPSA) is 41.6 Å². The quantitative estimate of drug-likeness (QED) is 0.251. The summed E-state index contributed by atoms with van der Waals surface area (Å²) in [7, 11) is 0. The normalized spacial score (nSPS) is 11.2. The molecule has 180 valence electrons. The van der Waals surface area contributed by atoms with Gasteiger partial charge in [-0.2, -0.15) is 0 Å². The van der Waals surface area contributed by atoms with E-state index in [-0.39, 0.29) is 11.1 Å². The summed E-state index contributed by atoms with van der Waals surface area (Å²) in [4.78, 5) is 12.5. The smallest absolute Gasteiger partial charge is 0.134 e. The highest BCUT2D eigenvalue weighted by molar-refractivity contribution is 6.06. The van der Waals surface area contributed by atoms with Crippen LogP contribution in [0, 0.1) is 23.3 Å². The largest absolute Gasteiger partial charge is 0.353 e. The first kappa shape index (κ1) is 22.7. The van der Waals surface area contributed by atoms with Gasteiger partial charge in [-0.1, -0.05) is 30.3 Å². The van der Waals surface area contributed by atoms with Gasteiger partial charge in [-0.25, -0.2) is 17.6 Å². The molecule has 0 aliphatic heterocycles. The number of H-pyrrole nitrogens is 1. The molecule has 1 N–H and O–H groups in total. The number of pyridine rings is 2. The van der Waals surface area contributed by atoms with E-state index in [9.17, 15) is 17.6 Å². The minimum Gasteiger partial charge on any atom is -0.353 e. The maximum absolute atomic E-state index is 14.9. The Labute approximate surface area is 209 Å². The van der Waals surface area contributed by atoms with Crippen LogP contribution in [0.1, 0.15) is 0 Å². The second-order valence-corrected chi connectivity index (χ2v) is 8.47. The third-order valence-electron chi connectivity index (χ3n) is 6.24. The zero-order valence-corrected chi connectivity index (χ0v) is 19.1. The Morgan fingerprint density at radius 3 is 1.73 bits per heavy atom. The van der Waals surface area contributed by atoms with E-state index in [2.05, 4.69) is 15.0 Å². The Morgan fingerprint density at radius 2 is 1.11 bits per heavy atom. The fourth-order valence-corrected chi connectivity index (χ4v) is 4.63. The summed E-state index contributed by atoms with van der Waals surface area (Å²) < 4.78 is 57.1. The van der Waals surface area contributed by atoms with Crippen molar-refractivity contribution in [1.82, 2.24) is 15.0 Å². The molecule has 0 amide bonds. The van der Waals surface area contributed by atoms with Gasteiger partial charge in [0.1, 0.15) is 23.3 Å². The molecule has 7 heteroatoms. The van der Waals surface area contributed by atoms with Crippen molar-refractivity contribution in [2.75, 3.05) is 0 Å². The monoisotopic (exact) mass is 495 g/mol. The van der Waals surface area contributed by atoms with Crippen LogP contribution < -0.4 is 0 Å². The van der Waals surface area contributed by atoms with E-state index in [1.165, 1.54) is 24.3 Å². The highest BCUT2D eigenvalue weighted by Gasteiger charge is 2.24. The standard InChI is InChI=1S/C30H17F4N3/c31-17-9-11-19(24(33)15-17)21-6-3-13-35-28(21)27-23-5-1-2-8-26(23)37-30(27)29-22(7-4-14-36-29)20-12-10-18(32)16-25(20)34/h1-16,37H. The lowest BCUT2D eigenvalue weighted by atomic mass is 9.94. The van der Waals surface area contributed by atoms with E-state index in [1.54, 1.807) is 36.7 Å². The molecule has 3 nitrogen and oxygen atoms in total. The summed E-state index contributed by atoms with van der Waals surface area (Å²) in [6.07, 6.45) is 3.17. The van der Waals surface area contributed by atoms with Crippen LogP contribution in [0.3, 0.4) is 0 Å². The van der Waals surface area contributed by atoms with Crippen molar-refractivity contribution in [3.05, 3.63) is 121 Å². The van der Waals surface area contributed by atoms with Gasteiger partial charge in [-0.15, -0.1) is 0 Å². The molecule has 0 aliphatic carbocycles. The van der Waals surface area contributed by atoms with Gasteiger partial charge in [0.15, 0.2) is 0 Å². The first-order valence-electron chi connectivity index (χ1n) is 11.4. The molecule has 37 heavy (non-hydrogen) atoms. The van der Waals surface area contributed by atoms with Crippen LogP contribution in [-0.4, -0.2) is 15.0 Å². The second kappa shape index (κ2) is 9.02. The van der Waals surface area contributed by atoms with Crippen LogP contribution in [0.25, 0.3) is 55.8 Å². The number of aromatic amines is 1. The lowest BCUT2D eigenvalue weighted by Crippen LogP contribution is -1.96. The summed E-state index contributed by atoms with van der Waals surface area (Å²) >= 11 is 0. The summed E-state index contributed by atoms with van der Waals surface area (Å²) in [6.45, 7) is 0. The number of benzene rings is 3. The maximum atomic E-state index is 14.9. The Balaban J connectivity index is 1.67. The average Bonchev–Trinajstić information content (AvgIpc) is 3.28. The zero-order chi connectivity index (χ0) is 25.5. The van der Waals surface area contributed by atoms with E-state index < -0.39 is 23.3 Å². The molecule has 6 aromatic rings. The zero-order valence-electron chi connectivity index (χ0n) is 19.1. The highest BCUT2D eigenvalue weighted by atomic mass is 19.1. The lowest BCUT2D eigenvalue weighted by molar-refractivity contribution is 0.585. The summed E-state index contributed by atoms with van der Waals surface area (Å²) in [5.41, 5.74) is 4.04. The van der Waals surface area contributed by atoms with Crippen molar-refractivity contribution in [2.45, 2.75) is 0 Å². The predicted octanol–water partition coefficient (Wildman–Crippen LogP) is 8.18. The van der Waals surface area contributed by atoms with Gasteiger partial charge in [-0.3, -0.25) is 9.97 Å². The number of hydrogen-bond acceptors (Lipinski definition) is 2. The van der Waals surface area contributed by atoms with Gasteiger partial charge in [0, 0.05) is 63.2 Å². The van der Waals surface area contributed by atoms with Crippen molar-refractivity contribution < 1.29 is 17.6 Å². The maximum Gasteiger partial charge on any atom is 0.134 e. The van der Waals surface area contributed by atoms with Gasteiger partial charge >= 0.3 is 0 Å². The van der Waals surface area contributed by atoms with Gasteiger partial charge in [0.05, 0.1) is 17.1 Å². The van der Waals surface area contributed by atoms with Gasteiger partial charge < -0.3 is 4.98 Å². The average molecular weight is 495 g/mol. The summed E-state index contributed by atoms with van der Waals surface area (Å²) in [5, 5.41) is 0.788. The van der Waals surface area contributed by atoms with E-state index in [4.69, 9.17) is 0 Å². The van der Waals surface area contributed by atoms with Gasteiger partial charge in [0.25, 0.3) is 0 Å². The van der Waals surface area contributed by atoms with E-state index >= 15 is 0 Å². The molecule has 3 heterocycles. The van der Waals surface area contributed by atoms with Crippen LogP contribution in [-0.2, 0) is 0 Å². The van der Waals surface area contributed by atoms with Crippen LogP contribution in [0.4, 0.5) is 17.6 Å². The van der Waals surface area contributed by atoms with Crippen molar-refractivity contribution in [3.8, 4) is 44.9 Å². The number of rotatable bonds is 4. The fourth-order valence-electron chi connectivity index (χ4n) is 4.63. The molecule has 0 spiro atoms. The molecule has 0 aliphatic rings. The first-order valence-corrected chi connectivity index (χ1v) is 11.4. The van der Waals surface area contributed by atoms with Crippen LogP contribution in [0.5, 0.6) is 0 Å². The first-order chi connectivity index (χ1) is 18.0. The summed E-state index contributed by atoms with van der Waals surface area (Å²) in [6, 6.07) is 21.0. The number of fused-ring (bicyclic) bond motifs is 1. The van der Waals surface area contributed by atoms with Crippen molar-refractivity contribution in [3.63, 3.8) is 0 Å². The van der Waals surface area contributed by atoms with E-state index in [0.717, 1.165) is 23.0 Å². The number of para-hydroxylation sites is 1. The minimum atomic E-state index is -0.723. The number of nitrogens with one attached hydrogen (secondary N) is 1. The molecular formula is C30H17F4N3. The van der Waals surface area contributed by atoms with Gasteiger partial charge in [0.2, 0.25) is 0 Å². The highest BCUT2D eigenvalue weighted by Crippen LogP contribution is 2.44. The summed E-state index contributed by atoms with van der Waals surface area (Å²) in [5.74, 6) is -2.81. The molecule has 0 atom stereocenters. The number of nitrogens with zero attached hydrogens (tertiary/aromatic N) is 2. The van der Waals surface area contributed by atoms with Crippen molar-refractivity contribution >= 4 is 10.9 Å². The van der Waals surface area contributed by atoms with Gasteiger partial charge in [-0.05, 0) is 42.5 Å². The Kier molecular flexibility index (Phi) is 5.53. The number of halogens is 4. The third-order valence-corrected chi connectivity index (χ3v) is 6.24. The third kappa shape index (κ3) is 3.94. The fraction of sp³-hybridized carbons (Fsp3) is 0. The van der Waals surface area contributed by atoms with Crippen molar-refractivity contribution in [2.24, 2.45) is 0 Å². The van der Waals surface area contributed by atoms with Crippen LogP contribution in [0.2, 0.25) is 0 Å². The lowest BCUT2D eigenvalue weighted by Gasteiger charge is -2.14. The van der Waals surface area contributed by atoms with Crippen LogP contribution in [0.15, 0.2) is 97.3 Å². The molecule has 0 bridgehead atoms. The molecule has 0 unspecified atom stereocenters. The molecule has 0 fully saturated rings. The predicted molar refractivity (Wildman–Crippen MR) is 135 cm³/mol. The minimum absolute atomic E-state index is 0.180.